The largest absolute Gasteiger partial charge is 0.491 e. The van der Waals surface area contributed by atoms with E-state index in [1.807, 2.05) is 6.07 Å². The van der Waals surface area contributed by atoms with Gasteiger partial charge >= 0.3 is 0 Å². The maximum absolute atomic E-state index is 5.83. The van der Waals surface area contributed by atoms with Gasteiger partial charge in [-0.15, -0.1) is 0 Å². The number of ether oxygens (including phenoxy) is 2. The number of benzene rings is 1. The molecule has 2 atom stereocenters. The van der Waals surface area contributed by atoms with E-state index in [9.17, 15) is 0 Å². The topological polar surface area (TPSA) is 33.7 Å². The Balaban J connectivity index is 1.87. The molecule has 0 radical (unpaired) electrons. The summed E-state index contributed by atoms with van der Waals surface area (Å²) >= 11 is 0. The van der Waals surface area contributed by atoms with E-state index < -0.39 is 0 Å². The molecule has 4 heteroatoms. The molecule has 2 heterocycles. The molecule has 0 spiro atoms. The van der Waals surface area contributed by atoms with Gasteiger partial charge in [-0.25, -0.2) is 0 Å². The number of para-hydroxylation sites is 1. The van der Waals surface area contributed by atoms with Gasteiger partial charge in [0, 0.05) is 26.2 Å². The molecule has 1 fully saturated rings. The lowest BCUT2D eigenvalue weighted by Gasteiger charge is -2.35. The van der Waals surface area contributed by atoms with Crippen molar-refractivity contribution < 1.29 is 9.47 Å². The van der Waals surface area contributed by atoms with E-state index >= 15 is 0 Å². The molecule has 0 aliphatic carbocycles. The zero-order chi connectivity index (χ0) is 13.2. The highest BCUT2D eigenvalue weighted by Gasteiger charge is 2.36. The van der Waals surface area contributed by atoms with Gasteiger partial charge in [-0.05, 0) is 25.0 Å². The summed E-state index contributed by atoms with van der Waals surface area (Å²) in [4.78, 5) is 2.46. The molecule has 0 aromatic heterocycles. The summed E-state index contributed by atoms with van der Waals surface area (Å²) < 4.78 is 11.3. The number of hydrogen-bond donors (Lipinski definition) is 1. The monoisotopic (exact) mass is 262 g/mol. The van der Waals surface area contributed by atoms with Gasteiger partial charge in [-0.3, -0.25) is 0 Å². The van der Waals surface area contributed by atoms with E-state index in [4.69, 9.17) is 9.47 Å². The molecular weight excluding hydrogens is 240 g/mol. The van der Waals surface area contributed by atoms with E-state index in [2.05, 4.69) is 29.3 Å². The van der Waals surface area contributed by atoms with Crippen molar-refractivity contribution in [3.8, 4) is 5.75 Å². The first-order valence-corrected chi connectivity index (χ1v) is 7.12. The van der Waals surface area contributed by atoms with Crippen LogP contribution < -0.4 is 15.0 Å². The van der Waals surface area contributed by atoms with Gasteiger partial charge in [0.15, 0.2) is 0 Å². The molecule has 0 saturated carbocycles. The SMILES string of the molecule is CCCOc1cccc2c1NCC1CC(OC)CN21. The Kier molecular flexibility index (Phi) is 3.51. The third-order valence-corrected chi connectivity index (χ3v) is 4.00. The van der Waals surface area contributed by atoms with Crippen molar-refractivity contribution in [3.05, 3.63) is 18.2 Å². The van der Waals surface area contributed by atoms with Crippen LogP contribution in [0.15, 0.2) is 18.2 Å². The summed E-state index contributed by atoms with van der Waals surface area (Å²) in [5.74, 6) is 0.971. The number of fused-ring (bicyclic) bond motifs is 3. The van der Waals surface area contributed by atoms with Crippen LogP contribution in [-0.2, 0) is 4.74 Å². The summed E-state index contributed by atoms with van der Waals surface area (Å²) in [5, 5.41) is 3.53. The lowest BCUT2D eigenvalue weighted by Crippen LogP contribution is -2.39. The van der Waals surface area contributed by atoms with Crippen molar-refractivity contribution >= 4 is 11.4 Å². The molecule has 1 saturated heterocycles. The lowest BCUT2D eigenvalue weighted by molar-refractivity contribution is 0.118. The average Bonchev–Trinajstić information content (AvgIpc) is 2.88. The Morgan fingerprint density at radius 3 is 3.11 bits per heavy atom. The van der Waals surface area contributed by atoms with E-state index in [0.29, 0.717) is 12.1 Å². The number of nitrogens with zero attached hydrogens (tertiary/aromatic N) is 1. The number of methoxy groups -OCH3 is 1. The van der Waals surface area contributed by atoms with Crippen LogP contribution in [0.2, 0.25) is 0 Å². The molecule has 1 aromatic rings. The van der Waals surface area contributed by atoms with Gasteiger partial charge in [0.05, 0.1) is 18.4 Å². The quantitative estimate of drug-likeness (QED) is 0.904. The summed E-state index contributed by atoms with van der Waals surface area (Å²) in [6.07, 6.45) is 2.48. The first kappa shape index (κ1) is 12.6. The van der Waals surface area contributed by atoms with Crippen LogP contribution in [0.1, 0.15) is 19.8 Å². The predicted molar refractivity (Wildman–Crippen MR) is 77.3 cm³/mol. The molecule has 3 rings (SSSR count). The fourth-order valence-corrected chi connectivity index (χ4v) is 3.02. The molecule has 0 amide bonds. The fourth-order valence-electron chi connectivity index (χ4n) is 3.02. The van der Waals surface area contributed by atoms with Gasteiger partial charge in [0.1, 0.15) is 11.4 Å². The van der Waals surface area contributed by atoms with E-state index in [0.717, 1.165) is 44.0 Å². The van der Waals surface area contributed by atoms with Gasteiger partial charge < -0.3 is 19.7 Å². The van der Waals surface area contributed by atoms with Crippen molar-refractivity contribution in [2.45, 2.75) is 31.9 Å². The molecule has 2 unspecified atom stereocenters. The minimum atomic E-state index is 0.345. The molecule has 1 N–H and O–H groups in total. The number of hydrogen-bond acceptors (Lipinski definition) is 4. The highest BCUT2D eigenvalue weighted by molar-refractivity contribution is 5.79. The second-order valence-electron chi connectivity index (χ2n) is 5.28. The van der Waals surface area contributed by atoms with Gasteiger partial charge in [-0.2, -0.15) is 0 Å². The molecule has 0 bridgehead atoms. The van der Waals surface area contributed by atoms with Gasteiger partial charge in [0.2, 0.25) is 0 Å². The van der Waals surface area contributed by atoms with Crippen molar-refractivity contribution in [1.82, 2.24) is 0 Å². The van der Waals surface area contributed by atoms with Crippen molar-refractivity contribution in [3.63, 3.8) is 0 Å². The van der Waals surface area contributed by atoms with Crippen LogP contribution in [0, 0.1) is 0 Å². The molecule has 19 heavy (non-hydrogen) atoms. The second kappa shape index (κ2) is 5.29. The highest BCUT2D eigenvalue weighted by Crippen LogP contribution is 2.41. The van der Waals surface area contributed by atoms with Crippen molar-refractivity contribution in [2.24, 2.45) is 0 Å². The fraction of sp³-hybridized carbons (Fsp3) is 0.600. The smallest absolute Gasteiger partial charge is 0.144 e. The van der Waals surface area contributed by atoms with Gasteiger partial charge in [0.25, 0.3) is 0 Å². The second-order valence-corrected chi connectivity index (χ2v) is 5.28. The standard InChI is InChI=1S/C15H22N2O2/c1-3-7-19-14-6-4-5-13-15(14)16-9-11-8-12(18-2)10-17(11)13/h4-6,11-12,16H,3,7-10H2,1-2H3. The Morgan fingerprint density at radius 1 is 1.42 bits per heavy atom. The molecular formula is C15H22N2O2. The summed E-state index contributed by atoms with van der Waals surface area (Å²) in [6.45, 7) is 4.84. The van der Waals surface area contributed by atoms with E-state index in [-0.39, 0.29) is 0 Å². The van der Waals surface area contributed by atoms with E-state index in [1.54, 1.807) is 7.11 Å². The van der Waals surface area contributed by atoms with Crippen molar-refractivity contribution in [1.29, 1.82) is 0 Å². The van der Waals surface area contributed by atoms with E-state index in [1.165, 1.54) is 5.69 Å². The summed E-state index contributed by atoms with van der Waals surface area (Å²) in [5.41, 5.74) is 2.40. The van der Waals surface area contributed by atoms with Crippen LogP contribution in [0.25, 0.3) is 0 Å². The first-order valence-electron chi connectivity index (χ1n) is 7.12. The molecule has 104 valence electrons. The summed E-state index contributed by atoms with van der Waals surface area (Å²) in [7, 11) is 1.80. The molecule has 1 aromatic carbocycles. The van der Waals surface area contributed by atoms with Crippen LogP contribution in [0.5, 0.6) is 5.75 Å². The third kappa shape index (κ3) is 2.25. The van der Waals surface area contributed by atoms with Crippen LogP contribution in [-0.4, -0.2) is 39.0 Å². The summed E-state index contributed by atoms with van der Waals surface area (Å²) in [6, 6.07) is 6.84. The molecule has 4 nitrogen and oxygen atoms in total. The third-order valence-electron chi connectivity index (χ3n) is 4.00. The van der Waals surface area contributed by atoms with Gasteiger partial charge in [-0.1, -0.05) is 13.0 Å². The zero-order valence-corrected chi connectivity index (χ0v) is 11.7. The lowest BCUT2D eigenvalue weighted by atomic mass is 10.1. The minimum absolute atomic E-state index is 0.345. The number of nitrogens with one attached hydrogen (secondary N) is 1. The molecule has 2 aliphatic heterocycles. The predicted octanol–water partition coefficient (Wildman–Crippen LogP) is 2.49. The van der Waals surface area contributed by atoms with Crippen LogP contribution in [0.4, 0.5) is 11.4 Å². The maximum atomic E-state index is 5.83. The maximum Gasteiger partial charge on any atom is 0.144 e. The number of anilines is 2. The normalized spacial score (nSPS) is 24.6. The minimum Gasteiger partial charge on any atom is -0.491 e. The zero-order valence-electron chi connectivity index (χ0n) is 11.7. The van der Waals surface area contributed by atoms with Crippen LogP contribution >= 0.6 is 0 Å². The Labute approximate surface area is 114 Å². The highest BCUT2D eigenvalue weighted by atomic mass is 16.5. The Hall–Kier alpha value is -1.42. The Morgan fingerprint density at radius 2 is 2.32 bits per heavy atom. The number of rotatable bonds is 4. The average molecular weight is 262 g/mol. The van der Waals surface area contributed by atoms with Crippen LogP contribution in [0.3, 0.4) is 0 Å². The first-order chi connectivity index (χ1) is 9.33. The van der Waals surface area contributed by atoms with Crippen molar-refractivity contribution in [2.75, 3.05) is 37.0 Å². The Bertz CT molecular complexity index is 450. The molecule has 2 aliphatic rings.